The molecule has 44 heavy (non-hydrogen) atoms. The molecule has 1 aliphatic heterocycles. The van der Waals surface area contributed by atoms with Crippen LogP contribution in [0.25, 0.3) is 11.1 Å². The summed E-state index contributed by atoms with van der Waals surface area (Å²) in [5.74, 6) is -1.80. The molecule has 3 aromatic rings. The van der Waals surface area contributed by atoms with E-state index in [1.165, 1.54) is 29.2 Å². The fraction of sp³-hybridized carbons (Fsp3) is 0.441. The first kappa shape index (κ1) is 33.5. The first-order valence-corrected chi connectivity index (χ1v) is 14.7. The summed E-state index contributed by atoms with van der Waals surface area (Å²) in [6.45, 7) is 6.02. The Kier molecular flexibility index (Phi) is 10.4. The lowest BCUT2D eigenvalue weighted by molar-refractivity contribution is -0.189. The summed E-state index contributed by atoms with van der Waals surface area (Å²) in [6.07, 6.45) is -7.89. The largest absolute Gasteiger partial charge is 0.466 e. The molecule has 4 rings (SSSR count). The number of rotatable bonds is 9. The molecule has 0 aromatic heterocycles. The van der Waals surface area contributed by atoms with Gasteiger partial charge in [0, 0.05) is 0 Å². The molecule has 10 heteroatoms. The minimum atomic E-state index is -4.61. The molecule has 0 radical (unpaired) electrons. The highest BCUT2D eigenvalue weighted by Crippen LogP contribution is 2.42. The SMILES string of the molecule is CCOC(=O)[C@@H](CC(C)C)c1cc(-c2ccc(C(F)(F)F)cc2)cc(C2CCN([C@@H](c3cccc(F)c3)C(F)(F)F)CC2)c1. The fourth-order valence-electron chi connectivity index (χ4n) is 5.99. The summed E-state index contributed by atoms with van der Waals surface area (Å²) >= 11 is 0. The lowest BCUT2D eigenvalue weighted by Gasteiger charge is -2.39. The Morgan fingerprint density at radius 3 is 2.09 bits per heavy atom. The number of likely N-dealkylation sites (tertiary alicyclic amines) is 1. The Morgan fingerprint density at radius 1 is 0.886 bits per heavy atom. The molecule has 1 saturated heterocycles. The van der Waals surface area contributed by atoms with E-state index in [1.807, 2.05) is 26.0 Å². The van der Waals surface area contributed by atoms with E-state index in [-0.39, 0.29) is 37.1 Å². The van der Waals surface area contributed by atoms with Crippen molar-refractivity contribution in [3.05, 3.63) is 94.8 Å². The van der Waals surface area contributed by atoms with Crippen LogP contribution in [0, 0.1) is 11.7 Å². The van der Waals surface area contributed by atoms with Crippen molar-refractivity contribution >= 4 is 5.97 Å². The van der Waals surface area contributed by atoms with Gasteiger partial charge in [-0.1, -0.05) is 56.3 Å². The van der Waals surface area contributed by atoms with Gasteiger partial charge >= 0.3 is 18.3 Å². The maximum atomic E-state index is 14.2. The molecule has 0 aliphatic carbocycles. The summed E-state index contributed by atoms with van der Waals surface area (Å²) in [5, 5.41) is 0. The van der Waals surface area contributed by atoms with Crippen molar-refractivity contribution in [1.29, 1.82) is 0 Å². The van der Waals surface area contributed by atoms with Crippen LogP contribution in [0.4, 0.5) is 30.7 Å². The molecule has 0 unspecified atom stereocenters. The number of ether oxygens (including phenoxy) is 1. The van der Waals surface area contributed by atoms with Crippen LogP contribution in [-0.4, -0.2) is 36.7 Å². The van der Waals surface area contributed by atoms with Gasteiger partial charge in [0.1, 0.15) is 11.9 Å². The van der Waals surface area contributed by atoms with Gasteiger partial charge in [0.25, 0.3) is 0 Å². The highest BCUT2D eigenvalue weighted by atomic mass is 19.4. The van der Waals surface area contributed by atoms with Gasteiger partial charge in [0.2, 0.25) is 0 Å². The number of benzene rings is 3. The van der Waals surface area contributed by atoms with Crippen molar-refractivity contribution in [2.45, 2.75) is 70.3 Å². The van der Waals surface area contributed by atoms with E-state index in [1.54, 1.807) is 13.0 Å². The molecule has 0 amide bonds. The van der Waals surface area contributed by atoms with E-state index in [4.69, 9.17) is 4.74 Å². The van der Waals surface area contributed by atoms with Gasteiger partial charge in [-0.3, -0.25) is 9.69 Å². The number of esters is 1. The third-order valence-electron chi connectivity index (χ3n) is 8.04. The van der Waals surface area contributed by atoms with Gasteiger partial charge in [0.15, 0.2) is 0 Å². The Bertz CT molecular complexity index is 1410. The van der Waals surface area contributed by atoms with Crippen molar-refractivity contribution in [2.24, 2.45) is 5.92 Å². The van der Waals surface area contributed by atoms with Crippen molar-refractivity contribution in [3.8, 4) is 11.1 Å². The number of nitrogens with zero attached hydrogens (tertiary/aromatic N) is 1. The molecule has 0 saturated carbocycles. The molecule has 1 heterocycles. The van der Waals surface area contributed by atoms with Crippen LogP contribution >= 0.6 is 0 Å². The highest BCUT2D eigenvalue weighted by Gasteiger charge is 2.45. The fourth-order valence-corrected chi connectivity index (χ4v) is 5.99. The number of halogens is 7. The molecule has 1 fully saturated rings. The first-order valence-electron chi connectivity index (χ1n) is 14.7. The average Bonchev–Trinajstić information content (AvgIpc) is 2.95. The summed E-state index contributed by atoms with van der Waals surface area (Å²) < 4.78 is 101. The lowest BCUT2D eigenvalue weighted by Crippen LogP contribution is -2.42. The topological polar surface area (TPSA) is 29.5 Å². The molecule has 3 nitrogen and oxygen atoms in total. The summed E-state index contributed by atoms with van der Waals surface area (Å²) in [4.78, 5) is 14.4. The van der Waals surface area contributed by atoms with Crippen LogP contribution in [0.3, 0.4) is 0 Å². The number of carbonyl (C=O) groups is 1. The van der Waals surface area contributed by atoms with Gasteiger partial charge in [-0.05, 0) is 103 Å². The Labute approximate surface area is 253 Å². The first-order chi connectivity index (χ1) is 20.7. The minimum Gasteiger partial charge on any atom is -0.466 e. The maximum absolute atomic E-state index is 14.2. The molecular formula is C34H36F7NO2. The minimum absolute atomic E-state index is 0.0957. The molecule has 0 N–H and O–H groups in total. The van der Waals surface area contributed by atoms with Gasteiger partial charge < -0.3 is 4.74 Å². The van der Waals surface area contributed by atoms with Crippen LogP contribution in [0.15, 0.2) is 66.7 Å². The normalized spacial score (nSPS) is 16.6. The number of hydrogen-bond donors (Lipinski definition) is 0. The van der Waals surface area contributed by atoms with Crippen LogP contribution in [0.2, 0.25) is 0 Å². The van der Waals surface area contributed by atoms with E-state index >= 15 is 0 Å². The van der Waals surface area contributed by atoms with Gasteiger partial charge in [0.05, 0.1) is 18.1 Å². The van der Waals surface area contributed by atoms with E-state index in [2.05, 4.69) is 0 Å². The van der Waals surface area contributed by atoms with Crippen molar-refractivity contribution in [2.75, 3.05) is 19.7 Å². The predicted molar refractivity (Wildman–Crippen MR) is 154 cm³/mol. The van der Waals surface area contributed by atoms with Gasteiger partial charge in [-0.25, -0.2) is 4.39 Å². The summed E-state index contributed by atoms with van der Waals surface area (Å²) in [7, 11) is 0. The van der Waals surface area contributed by atoms with Gasteiger partial charge in [-0.15, -0.1) is 0 Å². The zero-order valence-electron chi connectivity index (χ0n) is 24.8. The smallest absolute Gasteiger partial charge is 0.416 e. The zero-order chi connectivity index (χ0) is 32.2. The number of hydrogen-bond acceptors (Lipinski definition) is 3. The monoisotopic (exact) mass is 623 g/mol. The maximum Gasteiger partial charge on any atom is 0.416 e. The third kappa shape index (κ3) is 8.20. The second-order valence-corrected chi connectivity index (χ2v) is 11.7. The number of piperidine rings is 1. The molecule has 2 atom stereocenters. The highest BCUT2D eigenvalue weighted by molar-refractivity contribution is 5.79. The molecule has 1 aliphatic rings. The van der Waals surface area contributed by atoms with Crippen molar-refractivity contribution < 1.29 is 40.3 Å². The zero-order valence-corrected chi connectivity index (χ0v) is 24.8. The van der Waals surface area contributed by atoms with E-state index in [9.17, 15) is 35.5 Å². The van der Waals surface area contributed by atoms with Crippen molar-refractivity contribution in [1.82, 2.24) is 4.90 Å². The predicted octanol–water partition coefficient (Wildman–Crippen LogP) is 9.69. The Hall–Kier alpha value is -3.40. The molecule has 0 spiro atoms. The summed E-state index contributed by atoms with van der Waals surface area (Å²) in [6, 6.07) is 12.9. The molecule has 3 aromatic carbocycles. The second-order valence-electron chi connectivity index (χ2n) is 11.7. The van der Waals surface area contributed by atoms with E-state index < -0.39 is 41.7 Å². The van der Waals surface area contributed by atoms with Crippen LogP contribution in [-0.2, 0) is 15.7 Å². The standard InChI is InChI=1S/C34H36F7NO2/c1-4-44-32(43)30(16-21(2)3)27-18-25(22-8-10-28(11-9-22)33(36,37)38)17-26(19-27)23-12-14-42(15-13-23)31(34(39,40)41)24-6-5-7-29(35)20-24/h5-11,17-21,23,30-31H,4,12-16H2,1-3H3/t30-,31-/m0/s1. The number of alkyl halides is 6. The van der Waals surface area contributed by atoms with E-state index in [0.29, 0.717) is 36.0 Å². The summed E-state index contributed by atoms with van der Waals surface area (Å²) in [5.41, 5.74) is 1.64. The van der Waals surface area contributed by atoms with Crippen LogP contribution in [0.1, 0.15) is 80.2 Å². The van der Waals surface area contributed by atoms with Crippen molar-refractivity contribution in [3.63, 3.8) is 0 Å². The van der Waals surface area contributed by atoms with E-state index in [0.717, 1.165) is 29.8 Å². The average molecular weight is 624 g/mol. The lowest BCUT2D eigenvalue weighted by atomic mass is 9.82. The number of carbonyl (C=O) groups excluding carboxylic acids is 1. The molecular weight excluding hydrogens is 587 g/mol. The molecule has 238 valence electrons. The second kappa shape index (κ2) is 13.7. The molecule has 0 bridgehead atoms. The van der Waals surface area contributed by atoms with Crippen LogP contribution in [0.5, 0.6) is 0 Å². The van der Waals surface area contributed by atoms with Gasteiger partial charge in [-0.2, -0.15) is 26.3 Å². The third-order valence-corrected chi connectivity index (χ3v) is 8.04. The Morgan fingerprint density at radius 2 is 1.55 bits per heavy atom. The van der Waals surface area contributed by atoms with Crippen LogP contribution < -0.4 is 0 Å². The quantitative estimate of drug-likeness (QED) is 0.176. The Balaban J connectivity index is 1.69.